The first-order valence-electron chi connectivity index (χ1n) is 19.4. The topological polar surface area (TPSA) is 148 Å². The molecule has 1 aliphatic carbocycles. The molecule has 1 saturated carbocycles. The molecule has 5 N–H and O–H groups in total. The van der Waals surface area contributed by atoms with Crippen LogP contribution in [0.15, 0.2) is 95.9 Å². The summed E-state index contributed by atoms with van der Waals surface area (Å²) in [7, 11) is 1.00. The van der Waals surface area contributed by atoms with Crippen LogP contribution in [0.3, 0.4) is 0 Å². The van der Waals surface area contributed by atoms with E-state index in [0.717, 1.165) is 67.2 Å². The Morgan fingerprint density at radius 1 is 0.732 bits per heavy atom. The van der Waals surface area contributed by atoms with Crippen LogP contribution < -0.4 is 20.3 Å². The molecule has 0 spiro atoms. The van der Waals surface area contributed by atoms with E-state index >= 15 is 0 Å². The van der Waals surface area contributed by atoms with Gasteiger partial charge in [-0.1, -0.05) is 82.7 Å². The first-order chi connectivity index (χ1) is 27.2. The van der Waals surface area contributed by atoms with Crippen LogP contribution in [-0.2, 0) is 17.6 Å². The number of amides is 2. The van der Waals surface area contributed by atoms with Gasteiger partial charge in [0, 0.05) is 48.6 Å². The maximum absolute atomic E-state index is 13.6. The summed E-state index contributed by atoms with van der Waals surface area (Å²) in [4.78, 5) is 49.0. The number of nitrogens with one attached hydrogen (secondary N) is 3. The Morgan fingerprint density at radius 2 is 1.34 bits per heavy atom. The molecular weight excluding hydrogens is 725 g/mol. The summed E-state index contributed by atoms with van der Waals surface area (Å²) >= 11 is 1.46. The van der Waals surface area contributed by atoms with Crippen LogP contribution in [-0.4, -0.2) is 61.5 Å². The average molecular weight is 785 g/mol. The van der Waals surface area contributed by atoms with Crippen molar-refractivity contribution in [3.05, 3.63) is 119 Å². The monoisotopic (exact) mass is 784 g/mol. The van der Waals surface area contributed by atoms with Gasteiger partial charge in [0.1, 0.15) is 6.79 Å². The van der Waals surface area contributed by atoms with Gasteiger partial charge in [-0.2, -0.15) is 0 Å². The molecule has 0 heterocycles. The summed E-state index contributed by atoms with van der Waals surface area (Å²) in [5.74, 6) is -0.468. The van der Waals surface area contributed by atoms with Gasteiger partial charge in [-0.3, -0.25) is 14.3 Å². The summed E-state index contributed by atoms with van der Waals surface area (Å²) in [6.07, 6.45) is 10.5. The van der Waals surface area contributed by atoms with E-state index in [4.69, 9.17) is 15.0 Å². The number of carboxylic acids is 1. The molecule has 0 aromatic heterocycles. The van der Waals surface area contributed by atoms with Gasteiger partial charge in [0.2, 0.25) is 0 Å². The zero-order chi connectivity index (χ0) is 41.3. The highest BCUT2D eigenvalue weighted by molar-refractivity contribution is 7.97. The van der Waals surface area contributed by atoms with Crippen molar-refractivity contribution in [3.63, 3.8) is 0 Å². The van der Waals surface area contributed by atoms with Crippen LogP contribution in [0.5, 0.6) is 0 Å². The second kappa shape index (κ2) is 26.8. The summed E-state index contributed by atoms with van der Waals surface area (Å²) in [5, 5.41) is 22.0. The van der Waals surface area contributed by atoms with Crippen molar-refractivity contribution in [2.45, 2.75) is 84.0 Å². The number of carbonyl (C=O) groups is 4. The molecule has 302 valence electrons. The Labute approximate surface area is 337 Å². The number of aliphatic hydroxyl groups is 1. The zero-order valence-electron chi connectivity index (χ0n) is 33.6. The van der Waals surface area contributed by atoms with Crippen LogP contribution >= 0.6 is 11.9 Å². The molecule has 4 aromatic carbocycles. The first-order valence-corrected chi connectivity index (χ1v) is 20.2. The fourth-order valence-electron chi connectivity index (χ4n) is 6.32. The normalized spacial score (nSPS) is 12.0. The number of hydrogen-bond donors (Lipinski definition) is 5. The number of rotatable bonds is 15. The fourth-order valence-corrected chi connectivity index (χ4v) is 6.96. The van der Waals surface area contributed by atoms with Crippen LogP contribution in [0.1, 0.15) is 108 Å². The van der Waals surface area contributed by atoms with Crippen molar-refractivity contribution in [1.82, 2.24) is 4.72 Å². The second-order valence-corrected chi connectivity index (χ2v) is 14.0. The molecule has 10 nitrogen and oxygen atoms in total. The highest BCUT2D eigenvalue weighted by atomic mass is 32.2. The van der Waals surface area contributed by atoms with Crippen LogP contribution in [0.25, 0.3) is 0 Å². The van der Waals surface area contributed by atoms with E-state index in [1.165, 1.54) is 50.5 Å². The van der Waals surface area contributed by atoms with Gasteiger partial charge in [-0.15, -0.1) is 0 Å². The number of hydrogen-bond acceptors (Lipinski definition) is 8. The molecule has 0 unspecified atom stereocenters. The van der Waals surface area contributed by atoms with Gasteiger partial charge in [0.05, 0.1) is 16.8 Å². The summed E-state index contributed by atoms with van der Waals surface area (Å²) < 4.78 is 3.19. The summed E-state index contributed by atoms with van der Waals surface area (Å²) in [5.41, 5.74) is 5.26. The predicted molar refractivity (Wildman–Crippen MR) is 231 cm³/mol. The van der Waals surface area contributed by atoms with Gasteiger partial charge < -0.3 is 30.5 Å². The molecule has 11 heteroatoms. The lowest BCUT2D eigenvalue weighted by atomic mass is 9.88. The molecule has 56 heavy (non-hydrogen) atoms. The van der Waals surface area contributed by atoms with Crippen LogP contribution in [0.4, 0.5) is 17.1 Å². The van der Waals surface area contributed by atoms with E-state index in [0.29, 0.717) is 22.5 Å². The van der Waals surface area contributed by atoms with E-state index in [1.54, 1.807) is 24.3 Å². The van der Waals surface area contributed by atoms with E-state index < -0.39 is 5.97 Å². The lowest BCUT2D eigenvalue weighted by molar-refractivity contribution is -0.0980. The van der Waals surface area contributed by atoms with E-state index in [-0.39, 0.29) is 17.4 Å². The predicted octanol–water partition coefficient (Wildman–Crippen LogP) is 9.54. The molecule has 0 bridgehead atoms. The third kappa shape index (κ3) is 15.6. The molecule has 0 aliphatic heterocycles. The highest BCUT2D eigenvalue weighted by Gasteiger charge is 2.18. The number of carbonyl (C=O) groups excluding carboxylic acids is 3. The first kappa shape index (κ1) is 47.2. The number of aromatic carboxylic acids is 1. The highest BCUT2D eigenvalue weighted by Crippen LogP contribution is 2.27. The fraction of sp³-hybridized carbons (Fsp3) is 0.378. The number of nitrogens with zero attached hydrogens (tertiary/aromatic N) is 1. The van der Waals surface area contributed by atoms with Gasteiger partial charge in [0.15, 0.2) is 0 Å². The van der Waals surface area contributed by atoms with Crippen LogP contribution in [0.2, 0.25) is 0 Å². The Hall–Kier alpha value is -4.97. The largest absolute Gasteiger partial charge is 0.478 e. The molecule has 0 radical (unpaired) electrons. The maximum atomic E-state index is 13.6. The molecule has 1 fully saturated rings. The van der Waals surface area contributed by atoms with Crippen molar-refractivity contribution in [2.75, 3.05) is 42.3 Å². The Morgan fingerprint density at radius 3 is 1.88 bits per heavy atom. The van der Waals surface area contributed by atoms with Crippen molar-refractivity contribution >= 4 is 53.6 Å². The number of anilines is 3. The van der Waals surface area contributed by atoms with Crippen molar-refractivity contribution in [1.29, 1.82) is 0 Å². The van der Waals surface area contributed by atoms with E-state index in [2.05, 4.69) is 41.0 Å². The molecule has 2 amide bonds. The minimum atomic E-state index is -0.937. The quantitative estimate of drug-likeness (QED) is 0.0744. The maximum Gasteiger partial charge on any atom is 0.335 e. The van der Waals surface area contributed by atoms with Crippen LogP contribution in [0, 0.1) is 5.92 Å². The van der Waals surface area contributed by atoms with Gasteiger partial charge >= 0.3 is 5.97 Å². The number of aryl methyl sites for hydroxylation is 2. The SMILES string of the molecule is C=O.CCC1CCCCC1.CCNSc1cccc(C(=O)Nc2ccc(N(CC)CC)cc2C(=O)Nc2ccc(CCc3ccc(C(=O)O)cc3)cc2)c1.CO. The average Bonchev–Trinajstić information content (AvgIpc) is 3.25. The summed E-state index contributed by atoms with van der Waals surface area (Å²) in [6.45, 7) is 12.8. The lowest BCUT2D eigenvalue weighted by Crippen LogP contribution is -2.23. The minimum Gasteiger partial charge on any atom is -0.478 e. The van der Waals surface area contributed by atoms with E-state index in [9.17, 15) is 14.4 Å². The molecule has 0 saturated heterocycles. The molecule has 5 rings (SSSR count). The second-order valence-electron chi connectivity index (χ2n) is 13.0. The Kier molecular flexibility index (Phi) is 22.6. The Balaban J connectivity index is 0.000000783. The van der Waals surface area contributed by atoms with Crippen molar-refractivity contribution in [3.8, 4) is 0 Å². The van der Waals surface area contributed by atoms with Gasteiger partial charge in [-0.05, 0) is 116 Å². The van der Waals surface area contributed by atoms with Gasteiger partial charge in [0.25, 0.3) is 11.8 Å². The van der Waals surface area contributed by atoms with Crippen molar-refractivity contribution in [2.24, 2.45) is 5.92 Å². The molecule has 0 atom stereocenters. The number of benzene rings is 4. The number of carboxylic acid groups (broad SMARTS) is 1. The molecule has 1 aliphatic rings. The Bertz CT molecular complexity index is 1760. The smallest absolute Gasteiger partial charge is 0.335 e. The minimum absolute atomic E-state index is 0.271. The standard InChI is InChI=1S/C35H38N4O4S.C8H16.CH4O.CH2O/c1-4-36-44-30-9-7-8-27(22-30)33(40)38-32-21-20-29(39(5-2)6-3)23-31(32)34(41)37-28-18-14-25(15-19-28)11-10-24-12-16-26(17-13-24)35(42)43;1-2-8-6-4-3-5-7-8;2*1-2/h7-9,12-23,36H,4-6,10-11H2,1-3H3,(H,37,41)(H,38,40)(H,42,43);8H,2-7H2,1H3;2H,1H3;1H2. The van der Waals surface area contributed by atoms with Gasteiger partial charge in [-0.25, -0.2) is 4.79 Å². The van der Waals surface area contributed by atoms with Crippen molar-refractivity contribution < 1.29 is 29.4 Å². The lowest BCUT2D eigenvalue weighted by Gasteiger charge is -2.23. The molecular formula is C45H60N4O6S. The third-order valence-corrected chi connectivity index (χ3v) is 10.4. The van der Waals surface area contributed by atoms with E-state index in [1.807, 2.05) is 80.4 Å². The third-order valence-electron chi connectivity index (χ3n) is 9.47. The number of aliphatic hydroxyl groups excluding tert-OH is 1. The zero-order valence-corrected chi connectivity index (χ0v) is 34.4. The summed E-state index contributed by atoms with van der Waals surface area (Å²) in [6, 6.07) is 27.4. The molecule has 4 aromatic rings.